The van der Waals surface area contributed by atoms with Gasteiger partial charge in [0, 0.05) is 18.0 Å². The smallest absolute Gasteiger partial charge is 0.231 e. The Labute approximate surface area is 87.3 Å². The molecule has 74 valence electrons. The Morgan fingerprint density at radius 1 is 1.00 bits per heavy atom. The molecule has 0 fully saturated rings. The molecule has 0 saturated heterocycles. The summed E-state index contributed by atoms with van der Waals surface area (Å²) in [5, 5.41) is 0. The first-order valence-corrected chi connectivity index (χ1v) is 4.73. The predicted octanol–water partition coefficient (Wildman–Crippen LogP) is 2.48. The van der Waals surface area contributed by atoms with Crippen molar-refractivity contribution in [1.82, 2.24) is 4.98 Å². The Hall–Kier alpha value is -2.03. The van der Waals surface area contributed by atoms with E-state index in [0.29, 0.717) is 6.79 Å². The third kappa shape index (κ3) is 1.42. The van der Waals surface area contributed by atoms with E-state index in [9.17, 15) is 0 Å². The van der Waals surface area contributed by atoms with Gasteiger partial charge < -0.3 is 9.47 Å². The van der Waals surface area contributed by atoms with Crippen molar-refractivity contribution in [3.05, 3.63) is 42.7 Å². The van der Waals surface area contributed by atoms with Crippen LogP contribution in [0.3, 0.4) is 0 Å². The lowest BCUT2D eigenvalue weighted by Gasteiger charge is -2.01. The Bertz CT molecular complexity index is 482. The molecule has 0 amide bonds. The van der Waals surface area contributed by atoms with E-state index < -0.39 is 0 Å². The predicted molar refractivity (Wildman–Crippen MR) is 55.8 cm³/mol. The van der Waals surface area contributed by atoms with Crippen molar-refractivity contribution >= 4 is 0 Å². The number of benzene rings is 1. The highest BCUT2D eigenvalue weighted by Crippen LogP contribution is 2.35. The zero-order valence-corrected chi connectivity index (χ0v) is 8.01. The number of hydrogen-bond acceptors (Lipinski definition) is 3. The zero-order valence-electron chi connectivity index (χ0n) is 8.01. The van der Waals surface area contributed by atoms with Crippen molar-refractivity contribution in [2.45, 2.75) is 0 Å². The number of nitrogens with zero attached hydrogens (tertiary/aromatic N) is 1. The molecule has 3 heteroatoms. The summed E-state index contributed by atoms with van der Waals surface area (Å²) in [7, 11) is 0. The first-order valence-electron chi connectivity index (χ1n) is 4.73. The van der Waals surface area contributed by atoms with E-state index in [1.165, 1.54) is 0 Å². The van der Waals surface area contributed by atoms with Crippen LogP contribution in [0.15, 0.2) is 42.7 Å². The molecule has 1 aromatic carbocycles. The van der Waals surface area contributed by atoms with E-state index in [1.807, 2.05) is 36.5 Å². The molecule has 1 aromatic heterocycles. The fraction of sp³-hybridized carbons (Fsp3) is 0.0833. The van der Waals surface area contributed by atoms with E-state index in [2.05, 4.69) is 4.98 Å². The second-order valence-corrected chi connectivity index (χ2v) is 3.31. The third-order valence-electron chi connectivity index (χ3n) is 2.37. The maximum Gasteiger partial charge on any atom is 0.231 e. The van der Waals surface area contributed by atoms with Crippen LogP contribution in [-0.2, 0) is 0 Å². The first-order chi connectivity index (χ1) is 7.43. The summed E-state index contributed by atoms with van der Waals surface area (Å²) in [5.41, 5.74) is 2.17. The Balaban J connectivity index is 2.07. The molecule has 0 radical (unpaired) electrons. The molecule has 0 N–H and O–H groups in total. The van der Waals surface area contributed by atoms with Gasteiger partial charge in [-0.05, 0) is 23.8 Å². The fourth-order valence-electron chi connectivity index (χ4n) is 1.61. The largest absolute Gasteiger partial charge is 0.454 e. The summed E-state index contributed by atoms with van der Waals surface area (Å²) in [6, 6.07) is 9.83. The van der Waals surface area contributed by atoms with Gasteiger partial charge in [0.05, 0.1) is 0 Å². The fourth-order valence-corrected chi connectivity index (χ4v) is 1.61. The average Bonchev–Trinajstić information content (AvgIpc) is 2.77. The van der Waals surface area contributed by atoms with Crippen LogP contribution in [0.5, 0.6) is 11.5 Å². The summed E-state index contributed by atoms with van der Waals surface area (Å²) < 4.78 is 10.6. The van der Waals surface area contributed by atoms with Gasteiger partial charge in [-0.3, -0.25) is 4.98 Å². The molecule has 15 heavy (non-hydrogen) atoms. The third-order valence-corrected chi connectivity index (χ3v) is 2.37. The number of ether oxygens (including phenoxy) is 2. The minimum absolute atomic E-state index is 0.311. The lowest BCUT2D eigenvalue weighted by molar-refractivity contribution is 0.174. The number of aromatic nitrogens is 1. The van der Waals surface area contributed by atoms with Crippen LogP contribution < -0.4 is 9.47 Å². The molecule has 0 unspecified atom stereocenters. The Kier molecular flexibility index (Phi) is 1.81. The normalized spacial score (nSPS) is 12.8. The van der Waals surface area contributed by atoms with Crippen molar-refractivity contribution < 1.29 is 9.47 Å². The first kappa shape index (κ1) is 8.29. The van der Waals surface area contributed by atoms with Gasteiger partial charge in [0.1, 0.15) is 0 Å². The van der Waals surface area contributed by atoms with Crippen LogP contribution in [-0.4, -0.2) is 11.8 Å². The molecule has 0 bridgehead atoms. The standard InChI is InChI=1S/C12H9NO2/c1-2-10(7-13-5-1)9-3-4-11-12(6-9)15-8-14-11/h1-7H,8H2. The molecular formula is C12H9NO2. The van der Waals surface area contributed by atoms with Crippen LogP contribution in [0.2, 0.25) is 0 Å². The van der Waals surface area contributed by atoms with Crippen molar-refractivity contribution in [2.75, 3.05) is 6.79 Å². The Morgan fingerprint density at radius 3 is 2.80 bits per heavy atom. The molecule has 3 nitrogen and oxygen atoms in total. The van der Waals surface area contributed by atoms with Crippen LogP contribution in [0, 0.1) is 0 Å². The SMILES string of the molecule is c1cncc(-c2ccc3c(c2)OCO3)c1. The molecule has 1 aliphatic heterocycles. The summed E-state index contributed by atoms with van der Waals surface area (Å²) >= 11 is 0. The average molecular weight is 199 g/mol. The summed E-state index contributed by atoms with van der Waals surface area (Å²) in [5.74, 6) is 1.61. The summed E-state index contributed by atoms with van der Waals surface area (Å²) in [6.45, 7) is 0.311. The van der Waals surface area contributed by atoms with Crippen molar-refractivity contribution in [1.29, 1.82) is 0 Å². The highest BCUT2D eigenvalue weighted by Gasteiger charge is 2.13. The molecule has 3 rings (SSSR count). The number of pyridine rings is 1. The Morgan fingerprint density at radius 2 is 1.93 bits per heavy atom. The molecule has 0 spiro atoms. The van der Waals surface area contributed by atoms with E-state index >= 15 is 0 Å². The molecule has 1 aliphatic rings. The lowest BCUT2D eigenvalue weighted by Crippen LogP contribution is -1.92. The summed E-state index contributed by atoms with van der Waals surface area (Å²) in [6.07, 6.45) is 3.59. The minimum Gasteiger partial charge on any atom is -0.454 e. The molecule has 2 aromatic rings. The van der Waals surface area contributed by atoms with Crippen LogP contribution in [0.25, 0.3) is 11.1 Å². The van der Waals surface area contributed by atoms with Gasteiger partial charge >= 0.3 is 0 Å². The lowest BCUT2D eigenvalue weighted by atomic mass is 10.1. The van der Waals surface area contributed by atoms with Crippen molar-refractivity contribution in [3.63, 3.8) is 0 Å². The van der Waals surface area contributed by atoms with Gasteiger partial charge in [0.25, 0.3) is 0 Å². The zero-order chi connectivity index (χ0) is 10.1. The van der Waals surface area contributed by atoms with Gasteiger partial charge in [0.15, 0.2) is 11.5 Å². The van der Waals surface area contributed by atoms with Crippen LogP contribution in [0.1, 0.15) is 0 Å². The number of hydrogen-bond donors (Lipinski definition) is 0. The maximum absolute atomic E-state index is 5.32. The van der Waals surface area contributed by atoms with Gasteiger partial charge in [-0.2, -0.15) is 0 Å². The van der Waals surface area contributed by atoms with Gasteiger partial charge in [-0.1, -0.05) is 12.1 Å². The van der Waals surface area contributed by atoms with Crippen LogP contribution in [0.4, 0.5) is 0 Å². The molecule has 0 aliphatic carbocycles. The van der Waals surface area contributed by atoms with Crippen LogP contribution >= 0.6 is 0 Å². The molecule has 0 saturated carbocycles. The maximum atomic E-state index is 5.32. The highest BCUT2D eigenvalue weighted by molar-refractivity contribution is 5.66. The van der Waals surface area contributed by atoms with E-state index in [4.69, 9.17) is 9.47 Å². The second-order valence-electron chi connectivity index (χ2n) is 3.31. The number of rotatable bonds is 1. The molecular weight excluding hydrogens is 190 g/mol. The summed E-state index contributed by atoms with van der Waals surface area (Å²) in [4.78, 5) is 4.08. The van der Waals surface area contributed by atoms with E-state index in [0.717, 1.165) is 22.6 Å². The van der Waals surface area contributed by atoms with Gasteiger partial charge in [-0.25, -0.2) is 0 Å². The quantitative estimate of drug-likeness (QED) is 0.707. The topological polar surface area (TPSA) is 31.4 Å². The molecule has 0 atom stereocenters. The van der Waals surface area contributed by atoms with Gasteiger partial charge in [0.2, 0.25) is 6.79 Å². The minimum atomic E-state index is 0.311. The second kappa shape index (κ2) is 3.28. The molecule has 2 heterocycles. The van der Waals surface area contributed by atoms with Crippen molar-refractivity contribution in [2.24, 2.45) is 0 Å². The van der Waals surface area contributed by atoms with E-state index in [1.54, 1.807) is 6.20 Å². The van der Waals surface area contributed by atoms with E-state index in [-0.39, 0.29) is 0 Å². The number of fused-ring (bicyclic) bond motifs is 1. The van der Waals surface area contributed by atoms with Crippen molar-refractivity contribution in [3.8, 4) is 22.6 Å². The van der Waals surface area contributed by atoms with Gasteiger partial charge in [-0.15, -0.1) is 0 Å². The highest BCUT2D eigenvalue weighted by atomic mass is 16.7. The monoisotopic (exact) mass is 199 g/mol.